The molecule has 0 spiro atoms. The van der Waals surface area contributed by atoms with Gasteiger partial charge in [0.15, 0.2) is 17.0 Å². The number of carboxylic acid groups (broad SMARTS) is 1. The Morgan fingerprint density at radius 1 is 0.877 bits per heavy atom. The number of nitrogens with two attached hydrogens (primary N) is 2. The molecule has 0 aliphatic heterocycles. The number of hydrogen-bond acceptors (Lipinski definition) is 17. The molecule has 3 heterocycles. The van der Waals surface area contributed by atoms with E-state index in [-0.39, 0.29) is 76.7 Å². The molecule has 24 nitrogen and oxygen atoms in total. The minimum atomic E-state index is -1.36. The molecule has 344 valence electrons. The van der Waals surface area contributed by atoms with Gasteiger partial charge in [0.25, 0.3) is 11.8 Å². The second-order valence-corrected chi connectivity index (χ2v) is 16.2. The number of amides is 5. The van der Waals surface area contributed by atoms with Crippen molar-refractivity contribution in [2.24, 2.45) is 5.92 Å². The molecule has 2 aromatic carbocycles. The number of aromatic hydroxyl groups is 1. The van der Waals surface area contributed by atoms with Crippen LogP contribution in [0.5, 0.6) is 5.75 Å². The van der Waals surface area contributed by atoms with Crippen molar-refractivity contribution in [3.05, 3.63) is 65.0 Å². The number of benzene rings is 2. The summed E-state index contributed by atoms with van der Waals surface area (Å²) in [6.07, 6.45) is 1.59. The smallest absolute Gasteiger partial charge is 0.408 e. The van der Waals surface area contributed by atoms with Crippen molar-refractivity contribution in [1.29, 1.82) is 0 Å². The number of anilines is 3. The zero-order valence-electron chi connectivity index (χ0n) is 36.4. The van der Waals surface area contributed by atoms with E-state index >= 15 is 0 Å². The van der Waals surface area contributed by atoms with E-state index in [2.05, 4.69) is 67.1 Å². The molecule has 0 saturated carbocycles. The largest absolute Gasteiger partial charge is 0.507 e. The summed E-state index contributed by atoms with van der Waals surface area (Å²) in [7, 11) is 0. The Labute approximate surface area is 371 Å². The van der Waals surface area contributed by atoms with Gasteiger partial charge in [-0.1, -0.05) is 19.9 Å². The van der Waals surface area contributed by atoms with Gasteiger partial charge in [0.05, 0.1) is 23.0 Å². The van der Waals surface area contributed by atoms with Gasteiger partial charge in [0.2, 0.25) is 23.6 Å². The fraction of sp³-hybridized carbons (Fsp3) is 0.390. The predicted molar refractivity (Wildman–Crippen MR) is 234 cm³/mol. The summed E-state index contributed by atoms with van der Waals surface area (Å²) in [4.78, 5) is 93.8. The van der Waals surface area contributed by atoms with Crippen molar-refractivity contribution in [1.82, 2.24) is 61.8 Å². The molecular formula is C41H51N15O9. The lowest BCUT2D eigenvalue weighted by Crippen LogP contribution is -2.54. The number of nitrogen functional groups attached to an aromatic ring is 2. The van der Waals surface area contributed by atoms with Crippen molar-refractivity contribution >= 4 is 64.3 Å². The van der Waals surface area contributed by atoms with Gasteiger partial charge in [0, 0.05) is 17.8 Å². The predicted octanol–water partition coefficient (Wildman–Crippen LogP) is 1.64. The van der Waals surface area contributed by atoms with Gasteiger partial charge in [-0.3, -0.25) is 19.2 Å². The van der Waals surface area contributed by atoms with Crippen molar-refractivity contribution in [3.8, 4) is 17.1 Å². The molecule has 0 aliphatic rings. The van der Waals surface area contributed by atoms with Crippen LogP contribution < -0.4 is 38.1 Å². The highest BCUT2D eigenvalue weighted by atomic mass is 16.6. The first kappa shape index (κ1) is 48.0. The maximum Gasteiger partial charge on any atom is 0.408 e. The van der Waals surface area contributed by atoms with Crippen LogP contribution in [0.4, 0.5) is 22.2 Å². The van der Waals surface area contributed by atoms with Gasteiger partial charge in [-0.2, -0.15) is 15.2 Å². The maximum atomic E-state index is 13.4. The van der Waals surface area contributed by atoms with E-state index in [1.54, 1.807) is 40.7 Å². The van der Waals surface area contributed by atoms with Gasteiger partial charge >= 0.3 is 12.1 Å². The minimum absolute atomic E-state index is 0.00473. The van der Waals surface area contributed by atoms with Crippen LogP contribution in [-0.2, 0) is 32.0 Å². The van der Waals surface area contributed by atoms with Gasteiger partial charge in [-0.25, -0.2) is 19.6 Å². The minimum Gasteiger partial charge on any atom is -0.507 e. The highest BCUT2D eigenvalue weighted by Crippen LogP contribution is 2.25. The number of phenols is 1. The number of aliphatic carboxylic acids is 1. The molecule has 0 unspecified atom stereocenters. The number of carbonyl (C=O) groups is 6. The third-order valence-electron chi connectivity index (χ3n) is 9.53. The van der Waals surface area contributed by atoms with Crippen molar-refractivity contribution < 1.29 is 43.7 Å². The first-order chi connectivity index (χ1) is 30.7. The molecule has 3 atom stereocenters. The number of carboxylic acids is 1. The lowest BCUT2D eigenvalue weighted by molar-refractivity contribution is -0.139. The van der Waals surface area contributed by atoms with Crippen LogP contribution in [0.2, 0.25) is 0 Å². The fourth-order valence-corrected chi connectivity index (χ4v) is 6.27. The lowest BCUT2D eigenvalue weighted by atomic mass is 10.0. The van der Waals surface area contributed by atoms with E-state index < -0.39 is 59.4 Å². The molecule has 0 bridgehead atoms. The summed E-state index contributed by atoms with van der Waals surface area (Å²) in [5, 5.41) is 47.3. The number of fused-ring (bicyclic) bond motifs is 1. The number of nitrogens with one attached hydrogen (secondary N) is 6. The molecule has 5 aromatic rings. The Morgan fingerprint density at radius 2 is 1.62 bits per heavy atom. The fourth-order valence-electron chi connectivity index (χ4n) is 6.27. The van der Waals surface area contributed by atoms with E-state index in [0.717, 1.165) is 0 Å². The van der Waals surface area contributed by atoms with Crippen LogP contribution in [0.15, 0.2) is 42.6 Å². The van der Waals surface area contributed by atoms with E-state index in [4.69, 9.17) is 16.2 Å². The first-order valence-electron chi connectivity index (χ1n) is 20.4. The van der Waals surface area contributed by atoms with Gasteiger partial charge < -0.3 is 53.0 Å². The van der Waals surface area contributed by atoms with Gasteiger partial charge in [0.1, 0.15) is 29.5 Å². The summed E-state index contributed by atoms with van der Waals surface area (Å²) >= 11 is 0. The molecule has 3 aromatic heterocycles. The summed E-state index contributed by atoms with van der Waals surface area (Å²) in [5.74, 6) is -4.54. The van der Waals surface area contributed by atoms with E-state index in [9.17, 15) is 39.0 Å². The van der Waals surface area contributed by atoms with Gasteiger partial charge in [-0.15, -0.1) is 10.2 Å². The van der Waals surface area contributed by atoms with Crippen LogP contribution in [-0.4, -0.2) is 117 Å². The standard InChI is InChI=1S/C41H51N15O9/c1-19(2)29(50-40(64)65-41(4,5)6)37(61)46-20(3)34(58)48-22-12-14-24(26(17-22)32-53-55-56-54-32)35(59)44-15-7-8-27(38(62)63)49-36(60)25-13-10-21(16-28(25)57)9-11-23-18-45-33-30(47-23)31(42)51-39(43)52-33/h10,12-14,16-20,27,29,57H,7-9,11,15H2,1-6H3,(H,44,59)(H,46,61)(H,48,58)(H,49,60)(H,50,64)(H,62,63)(H,53,54,55,56)(H4,42,43,45,51,52)/t20-,27-,29-/m0/s1. The number of aromatic nitrogens is 8. The molecule has 0 radical (unpaired) electrons. The number of aryl methyl sites for hydroxylation is 2. The van der Waals surface area contributed by atoms with Crippen molar-refractivity contribution in [2.75, 3.05) is 23.3 Å². The number of rotatable bonds is 18. The third-order valence-corrected chi connectivity index (χ3v) is 9.53. The third kappa shape index (κ3) is 13.2. The Bertz CT molecular complexity index is 2560. The summed E-state index contributed by atoms with van der Waals surface area (Å²) in [6, 6.07) is 5.29. The first-order valence-corrected chi connectivity index (χ1v) is 20.4. The van der Waals surface area contributed by atoms with Crippen LogP contribution in [0.1, 0.15) is 86.4 Å². The quantitative estimate of drug-likeness (QED) is 0.0559. The Morgan fingerprint density at radius 3 is 2.28 bits per heavy atom. The second-order valence-electron chi connectivity index (χ2n) is 16.2. The lowest BCUT2D eigenvalue weighted by Gasteiger charge is -2.26. The second kappa shape index (κ2) is 20.9. The van der Waals surface area contributed by atoms with E-state index in [0.29, 0.717) is 29.6 Å². The molecule has 0 saturated heterocycles. The monoisotopic (exact) mass is 897 g/mol. The number of tetrazole rings is 1. The summed E-state index contributed by atoms with van der Waals surface area (Å²) in [5.41, 5.74) is 12.9. The number of ether oxygens (including phenoxy) is 1. The van der Waals surface area contributed by atoms with Crippen molar-refractivity contribution in [3.63, 3.8) is 0 Å². The van der Waals surface area contributed by atoms with Crippen LogP contribution >= 0.6 is 0 Å². The highest BCUT2D eigenvalue weighted by Gasteiger charge is 2.29. The molecule has 24 heteroatoms. The Hall–Kier alpha value is -8.05. The van der Waals surface area contributed by atoms with E-state index in [1.807, 2.05) is 0 Å². The average molecular weight is 898 g/mol. The van der Waals surface area contributed by atoms with Crippen LogP contribution in [0, 0.1) is 5.92 Å². The number of nitrogens with zero attached hydrogens (tertiary/aromatic N) is 7. The Kier molecular flexibility index (Phi) is 15.4. The topological polar surface area (TPSA) is 370 Å². The Balaban J connectivity index is 1.14. The summed E-state index contributed by atoms with van der Waals surface area (Å²) in [6.45, 7) is 9.98. The number of phenolic OH excluding ortho intramolecular Hbond substituents is 1. The molecule has 65 heavy (non-hydrogen) atoms. The zero-order valence-corrected chi connectivity index (χ0v) is 36.4. The number of carbonyl (C=O) groups excluding carboxylic acids is 5. The van der Waals surface area contributed by atoms with Crippen molar-refractivity contribution in [2.45, 2.75) is 91.0 Å². The molecule has 5 amide bonds. The summed E-state index contributed by atoms with van der Waals surface area (Å²) < 4.78 is 5.27. The number of alkyl carbamates (subject to hydrolysis) is 1. The molecular weight excluding hydrogens is 847 g/mol. The highest BCUT2D eigenvalue weighted by molar-refractivity contribution is 6.03. The van der Waals surface area contributed by atoms with Crippen LogP contribution in [0.25, 0.3) is 22.6 Å². The normalized spacial score (nSPS) is 12.7. The number of aromatic amines is 1. The average Bonchev–Trinajstić information content (AvgIpc) is 3.77. The number of hydrogen-bond donors (Lipinski definition) is 10. The maximum absolute atomic E-state index is 13.4. The molecule has 5 rings (SSSR count). The number of H-pyrrole nitrogens is 1. The molecule has 0 aliphatic carbocycles. The SMILES string of the molecule is CC(C)[C@H](NC(=O)OC(C)(C)C)C(=O)N[C@@H](C)C(=O)Nc1ccc(C(=O)NCCC[C@H](NC(=O)c2ccc(CCc3cnc4nc(N)nc(N)c4n3)cc2O)C(=O)O)c(-c2nn[nH]n2)c1. The molecule has 0 fully saturated rings. The van der Waals surface area contributed by atoms with Crippen LogP contribution in [0.3, 0.4) is 0 Å². The molecule has 12 N–H and O–H groups in total. The van der Waals surface area contributed by atoms with Gasteiger partial charge in [-0.05, 0) is 100 Å². The van der Waals surface area contributed by atoms with E-state index in [1.165, 1.54) is 43.5 Å². The zero-order chi connectivity index (χ0) is 47.6.